The first-order valence-corrected chi connectivity index (χ1v) is 10.8. The van der Waals surface area contributed by atoms with Crippen LogP contribution in [0, 0.1) is 5.92 Å². The number of benzene rings is 1. The number of hydrogen-bond acceptors (Lipinski definition) is 8. The highest BCUT2D eigenvalue weighted by atomic mass is 19.4. The van der Waals surface area contributed by atoms with Crippen LogP contribution < -0.4 is 15.0 Å². The average molecular weight is 484 g/mol. The fourth-order valence-electron chi connectivity index (χ4n) is 3.77. The van der Waals surface area contributed by atoms with Crippen molar-refractivity contribution in [2.24, 2.45) is 5.92 Å². The number of halogens is 3. The molecule has 1 aliphatic heterocycles. The number of fused-ring (bicyclic) bond motifs is 1. The van der Waals surface area contributed by atoms with Crippen molar-refractivity contribution in [3.8, 4) is 11.6 Å². The van der Waals surface area contributed by atoms with E-state index in [0.29, 0.717) is 37.3 Å². The Hall–Kier alpha value is -4.29. The van der Waals surface area contributed by atoms with Gasteiger partial charge in [0.05, 0.1) is 17.4 Å². The zero-order chi connectivity index (χ0) is 24.4. The van der Waals surface area contributed by atoms with Crippen molar-refractivity contribution in [2.75, 3.05) is 23.3 Å². The molecule has 5 rings (SSSR count). The van der Waals surface area contributed by atoms with Gasteiger partial charge in [0.25, 0.3) is 0 Å². The third-order valence-electron chi connectivity index (χ3n) is 5.65. The van der Waals surface area contributed by atoms with Gasteiger partial charge in [0.2, 0.25) is 11.8 Å². The SMILES string of the molecule is O=C(Nc1ccc(Oc2ccc(C(F)(F)F)cc2)nc1)C1CCN(c2ccc3nnnn3n2)CC1. The van der Waals surface area contributed by atoms with Crippen molar-refractivity contribution in [2.45, 2.75) is 19.0 Å². The monoisotopic (exact) mass is 484 g/mol. The van der Waals surface area contributed by atoms with Gasteiger partial charge in [0.1, 0.15) is 5.75 Å². The lowest BCUT2D eigenvalue weighted by Crippen LogP contribution is -2.38. The third kappa shape index (κ3) is 5.13. The highest BCUT2D eigenvalue weighted by molar-refractivity contribution is 5.92. The van der Waals surface area contributed by atoms with Crippen LogP contribution >= 0.6 is 0 Å². The molecule has 0 radical (unpaired) electrons. The Morgan fingerprint density at radius 1 is 1.03 bits per heavy atom. The quantitative estimate of drug-likeness (QED) is 0.458. The maximum absolute atomic E-state index is 12.7. The smallest absolute Gasteiger partial charge is 0.416 e. The molecule has 0 bridgehead atoms. The van der Waals surface area contributed by atoms with Gasteiger partial charge in [-0.05, 0) is 65.7 Å². The number of rotatable bonds is 5. The van der Waals surface area contributed by atoms with Crippen LogP contribution in [-0.4, -0.2) is 49.2 Å². The molecule has 1 saturated heterocycles. The number of carbonyl (C=O) groups excluding carboxylic acids is 1. The van der Waals surface area contributed by atoms with E-state index in [1.165, 1.54) is 29.0 Å². The Bertz CT molecular complexity index is 1320. The molecule has 1 aliphatic rings. The Balaban J connectivity index is 1.13. The van der Waals surface area contributed by atoms with E-state index < -0.39 is 11.7 Å². The molecule has 1 amide bonds. The molecule has 13 heteroatoms. The molecule has 3 aromatic heterocycles. The Morgan fingerprint density at radius 3 is 2.49 bits per heavy atom. The van der Waals surface area contributed by atoms with Gasteiger partial charge in [-0.15, -0.1) is 14.8 Å². The molecule has 35 heavy (non-hydrogen) atoms. The molecule has 1 aromatic carbocycles. The Labute approximate surface area is 196 Å². The first-order valence-electron chi connectivity index (χ1n) is 10.8. The van der Waals surface area contributed by atoms with E-state index in [2.05, 4.69) is 35.8 Å². The normalized spacial score (nSPS) is 14.8. The number of pyridine rings is 1. The summed E-state index contributed by atoms with van der Waals surface area (Å²) < 4.78 is 44.8. The molecular formula is C22H19F3N8O2. The Kier molecular flexibility index (Phi) is 5.89. The fourth-order valence-corrected chi connectivity index (χ4v) is 3.77. The van der Waals surface area contributed by atoms with E-state index in [-0.39, 0.29) is 23.5 Å². The van der Waals surface area contributed by atoms with Gasteiger partial charge < -0.3 is 15.0 Å². The van der Waals surface area contributed by atoms with Crippen LogP contribution in [0.4, 0.5) is 24.7 Å². The van der Waals surface area contributed by atoms with Gasteiger partial charge in [0.15, 0.2) is 11.5 Å². The number of carbonyl (C=O) groups is 1. The van der Waals surface area contributed by atoms with E-state index in [0.717, 1.165) is 18.0 Å². The number of aromatic nitrogens is 6. The lowest BCUT2D eigenvalue weighted by Gasteiger charge is -2.31. The standard InChI is InChI=1S/C22H19F3N8O2/c23-22(24,25)15-1-4-17(5-2-15)35-20-8-3-16(13-26-20)27-21(34)14-9-11-32(12-10-14)19-7-6-18-28-30-31-33(18)29-19/h1-8,13-14H,9-12H2,(H,27,34). The van der Waals surface area contributed by atoms with Gasteiger partial charge in [-0.3, -0.25) is 4.79 Å². The summed E-state index contributed by atoms with van der Waals surface area (Å²) in [6.45, 7) is 1.33. The molecule has 10 nitrogen and oxygen atoms in total. The molecule has 1 fully saturated rings. The van der Waals surface area contributed by atoms with Crippen LogP contribution in [-0.2, 0) is 11.0 Å². The predicted octanol–water partition coefficient (Wildman–Crippen LogP) is 3.58. The number of piperidine rings is 1. The molecule has 4 aromatic rings. The number of alkyl halides is 3. The molecule has 0 unspecified atom stereocenters. The summed E-state index contributed by atoms with van der Waals surface area (Å²) >= 11 is 0. The Morgan fingerprint density at radius 2 is 1.80 bits per heavy atom. The molecule has 0 saturated carbocycles. The predicted molar refractivity (Wildman–Crippen MR) is 118 cm³/mol. The van der Waals surface area contributed by atoms with E-state index in [1.807, 2.05) is 6.07 Å². The molecule has 0 atom stereocenters. The summed E-state index contributed by atoms with van der Waals surface area (Å²) in [7, 11) is 0. The van der Waals surface area contributed by atoms with Crippen LogP contribution in [0.3, 0.4) is 0 Å². The minimum Gasteiger partial charge on any atom is -0.439 e. The van der Waals surface area contributed by atoms with Crippen LogP contribution in [0.25, 0.3) is 5.65 Å². The van der Waals surface area contributed by atoms with Crippen molar-refractivity contribution >= 4 is 23.1 Å². The zero-order valence-electron chi connectivity index (χ0n) is 18.2. The first-order chi connectivity index (χ1) is 16.8. The second-order valence-corrected chi connectivity index (χ2v) is 7.98. The van der Waals surface area contributed by atoms with E-state index in [9.17, 15) is 18.0 Å². The summed E-state index contributed by atoms with van der Waals surface area (Å²) in [5.74, 6) is 0.903. The number of nitrogens with one attached hydrogen (secondary N) is 1. The second kappa shape index (κ2) is 9.16. The highest BCUT2D eigenvalue weighted by Crippen LogP contribution is 2.31. The third-order valence-corrected chi connectivity index (χ3v) is 5.65. The van der Waals surface area contributed by atoms with E-state index in [4.69, 9.17) is 4.74 Å². The van der Waals surface area contributed by atoms with Gasteiger partial charge in [0, 0.05) is 25.1 Å². The maximum atomic E-state index is 12.7. The minimum atomic E-state index is -4.41. The topological polar surface area (TPSA) is 110 Å². The largest absolute Gasteiger partial charge is 0.439 e. The lowest BCUT2D eigenvalue weighted by atomic mass is 9.96. The van der Waals surface area contributed by atoms with Crippen LogP contribution in [0.15, 0.2) is 54.7 Å². The zero-order valence-corrected chi connectivity index (χ0v) is 18.2. The van der Waals surface area contributed by atoms with Crippen molar-refractivity contribution in [1.29, 1.82) is 0 Å². The van der Waals surface area contributed by atoms with Crippen molar-refractivity contribution in [1.82, 2.24) is 30.2 Å². The molecule has 1 N–H and O–H groups in total. The fraction of sp³-hybridized carbons (Fsp3) is 0.273. The molecule has 4 heterocycles. The molecule has 0 spiro atoms. The number of nitrogens with zero attached hydrogens (tertiary/aromatic N) is 7. The summed E-state index contributed by atoms with van der Waals surface area (Å²) in [6, 6.07) is 11.1. The number of tetrazole rings is 1. The summed E-state index contributed by atoms with van der Waals surface area (Å²) in [5, 5.41) is 18.5. The summed E-state index contributed by atoms with van der Waals surface area (Å²) in [6.07, 6.45) is -1.65. The van der Waals surface area contributed by atoms with Crippen molar-refractivity contribution < 1.29 is 22.7 Å². The van der Waals surface area contributed by atoms with Crippen LogP contribution in [0.1, 0.15) is 18.4 Å². The van der Waals surface area contributed by atoms with Gasteiger partial charge in [-0.25, -0.2) is 4.98 Å². The van der Waals surface area contributed by atoms with Gasteiger partial charge in [-0.1, -0.05) is 0 Å². The molecular weight excluding hydrogens is 465 g/mol. The van der Waals surface area contributed by atoms with Gasteiger partial charge in [-0.2, -0.15) is 13.2 Å². The number of hydrogen-bond donors (Lipinski definition) is 1. The first kappa shape index (κ1) is 22.5. The molecule has 0 aliphatic carbocycles. The average Bonchev–Trinajstić information content (AvgIpc) is 3.33. The second-order valence-electron chi connectivity index (χ2n) is 7.98. The van der Waals surface area contributed by atoms with Crippen LogP contribution in [0.5, 0.6) is 11.6 Å². The van der Waals surface area contributed by atoms with Crippen molar-refractivity contribution in [3.63, 3.8) is 0 Å². The van der Waals surface area contributed by atoms with Gasteiger partial charge >= 0.3 is 6.18 Å². The number of anilines is 2. The minimum absolute atomic E-state index is 0.105. The van der Waals surface area contributed by atoms with Crippen molar-refractivity contribution in [3.05, 3.63) is 60.3 Å². The van der Waals surface area contributed by atoms with Crippen LogP contribution in [0.2, 0.25) is 0 Å². The summed E-state index contributed by atoms with van der Waals surface area (Å²) in [5.41, 5.74) is 0.307. The highest BCUT2D eigenvalue weighted by Gasteiger charge is 2.30. The van der Waals surface area contributed by atoms with E-state index >= 15 is 0 Å². The lowest BCUT2D eigenvalue weighted by molar-refractivity contribution is -0.137. The molecule has 180 valence electrons. The number of amides is 1. The number of ether oxygens (including phenoxy) is 1. The summed E-state index contributed by atoms with van der Waals surface area (Å²) in [4.78, 5) is 18.9. The van der Waals surface area contributed by atoms with E-state index in [1.54, 1.807) is 12.1 Å². The maximum Gasteiger partial charge on any atom is 0.416 e.